The second-order valence-corrected chi connectivity index (χ2v) is 6.51. The van der Waals surface area contributed by atoms with Gasteiger partial charge in [-0.2, -0.15) is 0 Å². The van der Waals surface area contributed by atoms with Gasteiger partial charge in [0.25, 0.3) is 11.8 Å². The van der Waals surface area contributed by atoms with Crippen LogP contribution in [-0.2, 0) is 9.53 Å². The number of benzene rings is 2. The first kappa shape index (κ1) is 19.9. The smallest absolute Gasteiger partial charge is 0.291 e. The molecule has 146 valence electrons. The van der Waals surface area contributed by atoms with Gasteiger partial charge in [-0.3, -0.25) is 9.59 Å². The Bertz CT molecular complexity index is 911. The van der Waals surface area contributed by atoms with Crippen molar-refractivity contribution in [2.24, 2.45) is 0 Å². The fourth-order valence-corrected chi connectivity index (χ4v) is 2.85. The Labute approximate surface area is 168 Å². The van der Waals surface area contributed by atoms with Crippen molar-refractivity contribution in [3.8, 4) is 5.75 Å². The molecule has 6 nitrogen and oxygen atoms in total. The second-order valence-electron chi connectivity index (χ2n) is 6.10. The molecular formula is C21H21ClN2O4. The standard InChI is InChI=1S/C21H21ClN2O4/c1-2-27-11-5-10-23-20(25)15-8-9-18-17(12-15)24-21(26)19(28-18)13-14-6-3-4-7-16(14)22/h3-4,6-9,12-13H,2,5,10-11H2,1H3,(H,23,25)(H,24,26). The van der Waals surface area contributed by atoms with E-state index >= 15 is 0 Å². The Morgan fingerprint density at radius 1 is 1.29 bits per heavy atom. The highest BCUT2D eigenvalue weighted by Crippen LogP contribution is 2.33. The van der Waals surface area contributed by atoms with E-state index in [0.29, 0.717) is 47.3 Å². The second kappa shape index (κ2) is 9.39. The van der Waals surface area contributed by atoms with Crippen molar-refractivity contribution in [2.45, 2.75) is 13.3 Å². The number of ether oxygens (including phenoxy) is 2. The summed E-state index contributed by atoms with van der Waals surface area (Å²) < 4.78 is 10.9. The average Bonchev–Trinajstić information content (AvgIpc) is 2.69. The highest BCUT2D eigenvalue weighted by molar-refractivity contribution is 6.32. The molecule has 1 heterocycles. The summed E-state index contributed by atoms with van der Waals surface area (Å²) in [5, 5.41) is 6.10. The van der Waals surface area contributed by atoms with E-state index in [1.807, 2.05) is 19.1 Å². The minimum atomic E-state index is -0.401. The maximum Gasteiger partial charge on any atom is 0.291 e. The summed E-state index contributed by atoms with van der Waals surface area (Å²) in [4.78, 5) is 24.6. The number of amides is 2. The van der Waals surface area contributed by atoms with Crippen molar-refractivity contribution >= 4 is 35.2 Å². The molecule has 2 aromatic rings. The average molecular weight is 401 g/mol. The summed E-state index contributed by atoms with van der Waals surface area (Å²) in [6.07, 6.45) is 2.32. The Morgan fingerprint density at radius 3 is 2.89 bits per heavy atom. The normalized spacial score (nSPS) is 14.2. The molecule has 1 aliphatic rings. The van der Waals surface area contributed by atoms with Gasteiger partial charge in [-0.15, -0.1) is 0 Å². The maximum atomic E-state index is 12.4. The maximum absolute atomic E-state index is 12.4. The van der Waals surface area contributed by atoms with Gasteiger partial charge in [-0.25, -0.2) is 0 Å². The zero-order valence-corrected chi connectivity index (χ0v) is 16.2. The Kier molecular flexibility index (Phi) is 6.68. The molecule has 0 fully saturated rings. The number of carbonyl (C=O) groups excluding carboxylic acids is 2. The number of hydrogen-bond acceptors (Lipinski definition) is 4. The van der Waals surface area contributed by atoms with Crippen LogP contribution >= 0.6 is 11.6 Å². The van der Waals surface area contributed by atoms with Crippen molar-refractivity contribution < 1.29 is 19.1 Å². The number of anilines is 1. The van der Waals surface area contributed by atoms with Gasteiger partial charge >= 0.3 is 0 Å². The molecule has 2 N–H and O–H groups in total. The molecule has 0 saturated carbocycles. The summed E-state index contributed by atoms with van der Waals surface area (Å²) in [6, 6.07) is 12.1. The van der Waals surface area contributed by atoms with Crippen LogP contribution in [0.2, 0.25) is 5.02 Å². The molecule has 0 spiro atoms. The van der Waals surface area contributed by atoms with Crippen LogP contribution in [0.4, 0.5) is 5.69 Å². The SMILES string of the molecule is CCOCCCNC(=O)c1ccc2c(c1)NC(=O)C(=Cc1ccccc1Cl)O2. The minimum absolute atomic E-state index is 0.133. The van der Waals surface area contributed by atoms with Gasteiger partial charge in [0.15, 0.2) is 11.5 Å². The zero-order chi connectivity index (χ0) is 19.9. The first-order valence-corrected chi connectivity index (χ1v) is 9.41. The number of fused-ring (bicyclic) bond motifs is 1. The van der Waals surface area contributed by atoms with Crippen LogP contribution in [-0.4, -0.2) is 31.6 Å². The number of nitrogens with one attached hydrogen (secondary N) is 2. The van der Waals surface area contributed by atoms with E-state index in [0.717, 1.165) is 6.42 Å². The van der Waals surface area contributed by atoms with Crippen molar-refractivity contribution in [2.75, 3.05) is 25.1 Å². The molecule has 2 aromatic carbocycles. The van der Waals surface area contributed by atoms with E-state index in [9.17, 15) is 9.59 Å². The van der Waals surface area contributed by atoms with Crippen molar-refractivity contribution in [3.63, 3.8) is 0 Å². The molecular weight excluding hydrogens is 380 g/mol. The van der Waals surface area contributed by atoms with E-state index in [4.69, 9.17) is 21.1 Å². The molecule has 28 heavy (non-hydrogen) atoms. The van der Waals surface area contributed by atoms with Crippen LogP contribution in [0, 0.1) is 0 Å². The highest BCUT2D eigenvalue weighted by Gasteiger charge is 2.23. The lowest BCUT2D eigenvalue weighted by Crippen LogP contribution is -2.27. The van der Waals surface area contributed by atoms with E-state index in [1.54, 1.807) is 36.4 Å². The third kappa shape index (κ3) is 4.91. The van der Waals surface area contributed by atoms with E-state index < -0.39 is 5.91 Å². The van der Waals surface area contributed by atoms with Gasteiger partial charge in [0.2, 0.25) is 0 Å². The molecule has 0 atom stereocenters. The van der Waals surface area contributed by atoms with Crippen molar-refractivity contribution in [1.82, 2.24) is 5.32 Å². The van der Waals surface area contributed by atoms with Crippen LogP contribution in [0.3, 0.4) is 0 Å². The van der Waals surface area contributed by atoms with Crippen LogP contribution in [0.5, 0.6) is 5.75 Å². The van der Waals surface area contributed by atoms with Gasteiger partial charge in [0.05, 0.1) is 5.69 Å². The summed E-state index contributed by atoms with van der Waals surface area (Å²) in [6.45, 7) is 3.71. The minimum Gasteiger partial charge on any atom is -0.449 e. The predicted octanol–water partition coefficient (Wildman–Crippen LogP) is 3.87. The number of halogens is 1. The lowest BCUT2D eigenvalue weighted by atomic mass is 10.1. The molecule has 7 heteroatoms. The van der Waals surface area contributed by atoms with Gasteiger partial charge in [-0.05, 0) is 49.2 Å². The largest absolute Gasteiger partial charge is 0.449 e. The molecule has 2 amide bonds. The highest BCUT2D eigenvalue weighted by atomic mass is 35.5. The zero-order valence-electron chi connectivity index (χ0n) is 15.5. The summed E-state index contributed by atoms with van der Waals surface area (Å²) >= 11 is 6.13. The molecule has 0 saturated heterocycles. The lowest BCUT2D eigenvalue weighted by molar-refractivity contribution is -0.115. The van der Waals surface area contributed by atoms with Gasteiger partial charge in [0.1, 0.15) is 0 Å². The summed E-state index contributed by atoms with van der Waals surface area (Å²) in [5.41, 5.74) is 1.57. The molecule has 0 aliphatic carbocycles. The topological polar surface area (TPSA) is 76.7 Å². The molecule has 1 aliphatic heterocycles. The van der Waals surface area contributed by atoms with Crippen LogP contribution in [0.25, 0.3) is 6.08 Å². The molecule has 3 rings (SSSR count). The van der Waals surface area contributed by atoms with Gasteiger partial charge in [0, 0.05) is 30.3 Å². The van der Waals surface area contributed by atoms with Crippen LogP contribution in [0.1, 0.15) is 29.3 Å². The van der Waals surface area contributed by atoms with E-state index in [-0.39, 0.29) is 11.7 Å². The fraction of sp³-hybridized carbons (Fsp3) is 0.238. The monoisotopic (exact) mass is 400 g/mol. The molecule has 0 aromatic heterocycles. The van der Waals surface area contributed by atoms with Gasteiger partial charge < -0.3 is 20.1 Å². The fourth-order valence-electron chi connectivity index (χ4n) is 2.66. The molecule has 0 bridgehead atoms. The first-order chi connectivity index (χ1) is 13.6. The molecule has 0 radical (unpaired) electrons. The Morgan fingerprint density at radius 2 is 2.11 bits per heavy atom. The quantitative estimate of drug-likeness (QED) is 0.546. The van der Waals surface area contributed by atoms with Crippen LogP contribution < -0.4 is 15.4 Å². The van der Waals surface area contributed by atoms with E-state index in [1.165, 1.54) is 0 Å². The van der Waals surface area contributed by atoms with Crippen molar-refractivity contribution in [3.05, 3.63) is 64.4 Å². The number of hydrogen-bond donors (Lipinski definition) is 2. The first-order valence-electron chi connectivity index (χ1n) is 9.04. The number of rotatable bonds is 7. The lowest BCUT2D eigenvalue weighted by Gasteiger charge is -2.20. The third-order valence-electron chi connectivity index (χ3n) is 4.08. The summed E-state index contributed by atoms with van der Waals surface area (Å²) in [7, 11) is 0. The number of carbonyl (C=O) groups is 2. The van der Waals surface area contributed by atoms with Crippen LogP contribution in [0.15, 0.2) is 48.2 Å². The molecule has 0 unspecified atom stereocenters. The van der Waals surface area contributed by atoms with Gasteiger partial charge in [-0.1, -0.05) is 29.8 Å². The van der Waals surface area contributed by atoms with Crippen molar-refractivity contribution in [1.29, 1.82) is 0 Å². The predicted molar refractivity (Wildman–Crippen MR) is 109 cm³/mol. The third-order valence-corrected chi connectivity index (χ3v) is 4.42. The van der Waals surface area contributed by atoms with E-state index in [2.05, 4.69) is 10.6 Å². The Hall–Kier alpha value is -2.83. The summed E-state index contributed by atoms with van der Waals surface area (Å²) in [5.74, 6) is -0.0211. The Balaban J connectivity index is 1.69.